The molecule has 0 spiro atoms. The molecule has 0 bridgehead atoms. The summed E-state index contributed by atoms with van der Waals surface area (Å²) in [6, 6.07) is 6.94. The van der Waals surface area contributed by atoms with E-state index in [1.165, 1.54) is 18.2 Å². The van der Waals surface area contributed by atoms with Crippen LogP contribution >= 0.6 is 0 Å². The maximum absolute atomic E-state index is 13.1. The van der Waals surface area contributed by atoms with Crippen molar-refractivity contribution in [2.45, 2.75) is 12.5 Å². The van der Waals surface area contributed by atoms with Crippen LogP contribution in [0.25, 0.3) is 0 Å². The van der Waals surface area contributed by atoms with Crippen LogP contribution in [0, 0.1) is 17.1 Å². The SMILES string of the molecule is N#CC(CC(N)=O)Nc1ccccc1F. The van der Waals surface area contributed by atoms with Gasteiger partial charge in [-0.3, -0.25) is 4.79 Å². The summed E-state index contributed by atoms with van der Waals surface area (Å²) in [5.41, 5.74) is 5.12. The number of primary amides is 1. The molecule has 1 atom stereocenters. The minimum absolute atomic E-state index is 0.148. The summed E-state index contributed by atoms with van der Waals surface area (Å²) in [4.78, 5) is 10.6. The van der Waals surface area contributed by atoms with Gasteiger partial charge < -0.3 is 11.1 Å². The first kappa shape index (κ1) is 11.0. The lowest BCUT2D eigenvalue weighted by Crippen LogP contribution is -2.25. The molecule has 5 heteroatoms. The largest absolute Gasteiger partial charge is 0.370 e. The second kappa shape index (κ2) is 4.96. The smallest absolute Gasteiger partial charge is 0.220 e. The Balaban J connectivity index is 2.72. The van der Waals surface area contributed by atoms with E-state index in [0.717, 1.165) is 0 Å². The van der Waals surface area contributed by atoms with Crippen LogP contribution in [0.15, 0.2) is 24.3 Å². The van der Waals surface area contributed by atoms with Gasteiger partial charge in [-0.25, -0.2) is 4.39 Å². The van der Waals surface area contributed by atoms with E-state index in [1.54, 1.807) is 6.07 Å². The molecule has 0 saturated carbocycles. The number of hydrogen-bond acceptors (Lipinski definition) is 3. The molecule has 0 fully saturated rings. The molecule has 1 unspecified atom stereocenters. The Morgan fingerprint density at radius 2 is 2.27 bits per heavy atom. The van der Waals surface area contributed by atoms with Crippen molar-refractivity contribution in [3.8, 4) is 6.07 Å². The van der Waals surface area contributed by atoms with E-state index in [2.05, 4.69) is 5.32 Å². The van der Waals surface area contributed by atoms with Crippen LogP contribution < -0.4 is 11.1 Å². The summed E-state index contributed by atoms with van der Waals surface area (Å²) < 4.78 is 13.1. The predicted molar refractivity (Wildman–Crippen MR) is 53.2 cm³/mol. The molecule has 0 saturated heterocycles. The van der Waals surface area contributed by atoms with Gasteiger partial charge in [-0.2, -0.15) is 5.26 Å². The molecule has 1 rings (SSSR count). The first-order valence-electron chi connectivity index (χ1n) is 4.32. The zero-order valence-electron chi connectivity index (χ0n) is 7.90. The van der Waals surface area contributed by atoms with Gasteiger partial charge in [0.25, 0.3) is 0 Å². The van der Waals surface area contributed by atoms with Gasteiger partial charge in [-0.05, 0) is 12.1 Å². The average molecular weight is 207 g/mol. The number of halogens is 1. The number of nitrogens with one attached hydrogen (secondary N) is 1. The number of carbonyl (C=O) groups excluding carboxylic acids is 1. The van der Waals surface area contributed by atoms with Crippen molar-refractivity contribution < 1.29 is 9.18 Å². The van der Waals surface area contributed by atoms with Gasteiger partial charge in [-0.1, -0.05) is 12.1 Å². The molecule has 3 N–H and O–H groups in total. The fourth-order valence-corrected chi connectivity index (χ4v) is 1.10. The molecule has 78 valence electrons. The number of nitrogens with zero attached hydrogens (tertiary/aromatic N) is 1. The molecule has 0 aliphatic carbocycles. The van der Waals surface area contributed by atoms with Gasteiger partial charge >= 0.3 is 0 Å². The molecule has 15 heavy (non-hydrogen) atoms. The lowest BCUT2D eigenvalue weighted by molar-refractivity contribution is -0.118. The van der Waals surface area contributed by atoms with Gasteiger partial charge in [0.15, 0.2) is 0 Å². The third kappa shape index (κ3) is 3.27. The second-order valence-corrected chi connectivity index (χ2v) is 2.98. The number of benzene rings is 1. The fourth-order valence-electron chi connectivity index (χ4n) is 1.10. The first-order valence-corrected chi connectivity index (χ1v) is 4.32. The number of carbonyl (C=O) groups is 1. The number of anilines is 1. The number of rotatable bonds is 4. The highest BCUT2D eigenvalue weighted by Crippen LogP contribution is 2.14. The normalized spacial score (nSPS) is 11.5. The van der Waals surface area contributed by atoms with Crippen molar-refractivity contribution in [3.05, 3.63) is 30.1 Å². The topological polar surface area (TPSA) is 78.9 Å². The lowest BCUT2D eigenvalue weighted by atomic mass is 10.2. The highest BCUT2D eigenvalue weighted by molar-refractivity contribution is 5.75. The van der Waals surface area contributed by atoms with Crippen molar-refractivity contribution in [1.29, 1.82) is 5.26 Å². The summed E-state index contributed by atoms with van der Waals surface area (Å²) in [6.45, 7) is 0. The van der Waals surface area contributed by atoms with Crippen molar-refractivity contribution in [3.63, 3.8) is 0 Å². The van der Waals surface area contributed by atoms with E-state index >= 15 is 0 Å². The number of amides is 1. The average Bonchev–Trinajstić information content (AvgIpc) is 2.19. The third-order valence-corrected chi connectivity index (χ3v) is 1.76. The van der Waals surface area contributed by atoms with E-state index in [0.29, 0.717) is 0 Å². The summed E-state index contributed by atoms with van der Waals surface area (Å²) in [6.07, 6.45) is -0.148. The molecule has 1 aromatic carbocycles. The molecule has 1 aromatic rings. The van der Waals surface area contributed by atoms with Crippen LogP contribution in [0.5, 0.6) is 0 Å². The molecule has 0 aliphatic rings. The summed E-state index contributed by atoms with van der Waals surface area (Å²) >= 11 is 0. The monoisotopic (exact) mass is 207 g/mol. The van der Waals surface area contributed by atoms with Crippen molar-refractivity contribution in [2.75, 3.05) is 5.32 Å². The van der Waals surface area contributed by atoms with Gasteiger partial charge in [0.2, 0.25) is 5.91 Å². The van der Waals surface area contributed by atoms with E-state index in [1.807, 2.05) is 6.07 Å². The van der Waals surface area contributed by atoms with Crippen LogP contribution in [0.2, 0.25) is 0 Å². The Kier molecular flexibility index (Phi) is 3.63. The highest BCUT2D eigenvalue weighted by atomic mass is 19.1. The van der Waals surface area contributed by atoms with Crippen LogP contribution in [-0.2, 0) is 4.79 Å². The zero-order chi connectivity index (χ0) is 11.3. The number of hydrogen-bond donors (Lipinski definition) is 2. The molecular weight excluding hydrogens is 197 g/mol. The molecule has 0 radical (unpaired) electrons. The first-order chi connectivity index (χ1) is 7.13. The molecular formula is C10H10FN3O. The predicted octanol–water partition coefficient (Wildman–Crippen LogP) is 1.01. The molecule has 0 heterocycles. The minimum Gasteiger partial charge on any atom is -0.370 e. The number of nitrogens with two attached hydrogens (primary N) is 1. The van der Waals surface area contributed by atoms with E-state index < -0.39 is 17.8 Å². The Bertz CT molecular complexity index is 400. The standard InChI is InChI=1S/C10H10FN3O/c11-8-3-1-2-4-9(8)14-7(6-12)5-10(13)15/h1-4,7,14H,5H2,(H2,13,15). The van der Waals surface area contributed by atoms with E-state index in [4.69, 9.17) is 11.0 Å². The Labute approximate surface area is 86.5 Å². The van der Waals surface area contributed by atoms with Crippen molar-refractivity contribution in [2.24, 2.45) is 5.73 Å². The maximum atomic E-state index is 13.1. The fraction of sp³-hybridized carbons (Fsp3) is 0.200. The molecule has 4 nitrogen and oxygen atoms in total. The minimum atomic E-state index is -0.806. The second-order valence-electron chi connectivity index (χ2n) is 2.98. The Morgan fingerprint density at radius 3 is 2.80 bits per heavy atom. The maximum Gasteiger partial charge on any atom is 0.220 e. The van der Waals surface area contributed by atoms with Crippen LogP contribution in [0.3, 0.4) is 0 Å². The van der Waals surface area contributed by atoms with Crippen molar-refractivity contribution >= 4 is 11.6 Å². The van der Waals surface area contributed by atoms with Gasteiger partial charge in [0.05, 0.1) is 18.2 Å². The summed E-state index contributed by atoms with van der Waals surface area (Å²) in [5, 5.41) is 11.3. The molecule has 0 aromatic heterocycles. The van der Waals surface area contributed by atoms with Gasteiger partial charge in [-0.15, -0.1) is 0 Å². The zero-order valence-corrected chi connectivity index (χ0v) is 7.90. The van der Waals surface area contributed by atoms with Crippen LogP contribution in [0.4, 0.5) is 10.1 Å². The van der Waals surface area contributed by atoms with Gasteiger partial charge in [0, 0.05) is 0 Å². The van der Waals surface area contributed by atoms with Crippen molar-refractivity contribution in [1.82, 2.24) is 0 Å². The summed E-state index contributed by atoms with van der Waals surface area (Å²) in [7, 11) is 0. The van der Waals surface area contributed by atoms with Gasteiger partial charge in [0.1, 0.15) is 11.9 Å². The lowest BCUT2D eigenvalue weighted by Gasteiger charge is -2.11. The van der Waals surface area contributed by atoms with E-state index in [9.17, 15) is 9.18 Å². The number of nitriles is 1. The third-order valence-electron chi connectivity index (χ3n) is 1.76. The van der Waals surface area contributed by atoms with E-state index in [-0.39, 0.29) is 12.1 Å². The van der Waals surface area contributed by atoms with Crippen LogP contribution in [0.1, 0.15) is 6.42 Å². The quantitative estimate of drug-likeness (QED) is 0.773. The summed E-state index contributed by atoms with van der Waals surface area (Å²) in [5.74, 6) is -1.08. The molecule has 0 aliphatic heterocycles. The Morgan fingerprint density at radius 1 is 1.60 bits per heavy atom. The molecule has 1 amide bonds. The number of para-hydroxylation sites is 1. The van der Waals surface area contributed by atoms with Crippen LogP contribution in [-0.4, -0.2) is 11.9 Å². The highest BCUT2D eigenvalue weighted by Gasteiger charge is 2.12. The Hall–Kier alpha value is -2.09.